The van der Waals surface area contributed by atoms with Crippen LogP contribution in [0.1, 0.15) is 47.0 Å². The Labute approximate surface area is 140 Å². The van der Waals surface area contributed by atoms with Crippen molar-refractivity contribution in [3.05, 3.63) is 30.3 Å². The predicted molar refractivity (Wildman–Crippen MR) is 94.7 cm³/mol. The minimum Gasteiger partial charge on any atom is -0.444 e. The highest BCUT2D eigenvalue weighted by Crippen LogP contribution is 2.26. The number of ether oxygens (including phenoxy) is 1. The smallest absolute Gasteiger partial charge is 0.410 e. The van der Waals surface area contributed by atoms with Crippen molar-refractivity contribution in [1.29, 1.82) is 0 Å². The molecule has 2 rings (SSSR count). The molecule has 1 atom stereocenters. The molecule has 1 aliphatic heterocycles. The first-order valence-corrected chi connectivity index (χ1v) is 8.68. The summed E-state index contributed by atoms with van der Waals surface area (Å²) in [4.78, 5) is 14.0. The Morgan fingerprint density at radius 3 is 2.39 bits per heavy atom. The number of hydrogen-bond donors (Lipinski definition) is 1. The zero-order valence-electron chi connectivity index (χ0n) is 14.8. The van der Waals surface area contributed by atoms with Gasteiger partial charge in [0.1, 0.15) is 5.60 Å². The summed E-state index contributed by atoms with van der Waals surface area (Å²) in [5.41, 5.74) is 0.753. The molecule has 128 valence electrons. The number of likely N-dealkylation sites (tertiary alicyclic amines) is 1. The normalized spacial score (nSPS) is 17.7. The van der Waals surface area contributed by atoms with Crippen molar-refractivity contribution >= 4 is 11.8 Å². The van der Waals surface area contributed by atoms with Gasteiger partial charge in [0.2, 0.25) is 0 Å². The maximum Gasteiger partial charge on any atom is 0.410 e. The number of nitrogens with zero attached hydrogens (tertiary/aromatic N) is 1. The summed E-state index contributed by atoms with van der Waals surface area (Å²) in [6.07, 6.45) is 2.96. The summed E-state index contributed by atoms with van der Waals surface area (Å²) >= 11 is 0. The van der Waals surface area contributed by atoms with Crippen LogP contribution < -0.4 is 5.32 Å². The molecule has 1 aromatic carbocycles. The van der Waals surface area contributed by atoms with E-state index in [9.17, 15) is 4.79 Å². The number of rotatable bonds is 4. The molecule has 1 aliphatic rings. The van der Waals surface area contributed by atoms with E-state index < -0.39 is 5.60 Å². The van der Waals surface area contributed by atoms with Crippen LogP contribution in [0.3, 0.4) is 0 Å². The summed E-state index contributed by atoms with van der Waals surface area (Å²) in [6.45, 7) is 9.53. The van der Waals surface area contributed by atoms with E-state index in [0.29, 0.717) is 12.0 Å². The van der Waals surface area contributed by atoms with Crippen molar-refractivity contribution in [2.45, 2.75) is 58.6 Å². The third kappa shape index (κ3) is 5.45. The lowest BCUT2D eigenvalue weighted by Crippen LogP contribution is -2.44. The van der Waals surface area contributed by atoms with E-state index in [1.165, 1.54) is 5.69 Å². The fraction of sp³-hybridized carbons (Fsp3) is 0.632. The summed E-state index contributed by atoms with van der Waals surface area (Å²) in [7, 11) is 0. The first-order chi connectivity index (χ1) is 10.9. The molecule has 0 spiro atoms. The second-order valence-corrected chi connectivity index (χ2v) is 7.33. The molecule has 0 unspecified atom stereocenters. The van der Waals surface area contributed by atoms with Crippen LogP contribution in [0.5, 0.6) is 0 Å². The van der Waals surface area contributed by atoms with Crippen molar-refractivity contribution in [3.8, 4) is 0 Å². The third-order valence-electron chi connectivity index (χ3n) is 4.33. The van der Waals surface area contributed by atoms with E-state index in [4.69, 9.17) is 4.74 Å². The summed E-state index contributed by atoms with van der Waals surface area (Å²) < 4.78 is 5.47. The Balaban J connectivity index is 1.86. The van der Waals surface area contributed by atoms with E-state index in [0.717, 1.165) is 32.4 Å². The molecule has 1 amide bonds. The molecule has 4 nitrogen and oxygen atoms in total. The van der Waals surface area contributed by atoms with Gasteiger partial charge in [-0.25, -0.2) is 4.79 Å². The molecule has 23 heavy (non-hydrogen) atoms. The van der Waals surface area contributed by atoms with Gasteiger partial charge >= 0.3 is 6.09 Å². The Morgan fingerprint density at radius 2 is 1.87 bits per heavy atom. The van der Waals surface area contributed by atoms with Crippen molar-refractivity contribution in [3.63, 3.8) is 0 Å². The Kier molecular flexibility index (Phi) is 5.91. The molecular formula is C19H30N2O2. The standard InChI is InChI=1S/C19H30N2O2/c1-5-17(20-16-9-7-6-8-10-16)15-11-13-21(14-12-15)18(22)23-19(2,3)4/h6-10,15,17,20H,5,11-14H2,1-4H3/t17-/m1/s1. The number of benzene rings is 1. The SMILES string of the molecule is CC[C@@H](Nc1ccccc1)C1CCN(C(=O)OC(C)(C)C)CC1. The van der Waals surface area contributed by atoms with Crippen LogP contribution in [0.4, 0.5) is 10.5 Å². The van der Waals surface area contributed by atoms with E-state index >= 15 is 0 Å². The average Bonchev–Trinajstić information content (AvgIpc) is 2.52. The van der Waals surface area contributed by atoms with Gasteiger partial charge in [0, 0.05) is 24.8 Å². The number of piperidine rings is 1. The first-order valence-electron chi connectivity index (χ1n) is 8.68. The maximum atomic E-state index is 12.1. The lowest BCUT2D eigenvalue weighted by atomic mass is 9.88. The molecule has 0 saturated carbocycles. The topological polar surface area (TPSA) is 41.6 Å². The van der Waals surface area contributed by atoms with Crippen LogP contribution in [-0.4, -0.2) is 35.7 Å². The number of hydrogen-bond acceptors (Lipinski definition) is 3. The predicted octanol–water partition coefficient (Wildman–Crippen LogP) is 4.52. The molecule has 0 aliphatic carbocycles. The van der Waals surface area contributed by atoms with Crippen LogP contribution in [-0.2, 0) is 4.74 Å². The van der Waals surface area contributed by atoms with Crippen LogP contribution in [0.25, 0.3) is 0 Å². The molecule has 0 bridgehead atoms. The molecule has 0 aromatic heterocycles. The summed E-state index contributed by atoms with van der Waals surface area (Å²) in [6, 6.07) is 10.8. The highest BCUT2D eigenvalue weighted by Gasteiger charge is 2.30. The second-order valence-electron chi connectivity index (χ2n) is 7.33. The van der Waals surface area contributed by atoms with E-state index in [2.05, 4.69) is 36.5 Å². The molecule has 0 radical (unpaired) electrons. The lowest BCUT2D eigenvalue weighted by molar-refractivity contribution is 0.0177. The number of anilines is 1. The lowest BCUT2D eigenvalue weighted by Gasteiger charge is -2.37. The number of carbonyl (C=O) groups is 1. The summed E-state index contributed by atoms with van der Waals surface area (Å²) in [5.74, 6) is 0.596. The number of para-hydroxylation sites is 1. The van der Waals surface area contributed by atoms with E-state index in [-0.39, 0.29) is 6.09 Å². The van der Waals surface area contributed by atoms with Crippen molar-refractivity contribution < 1.29 is 9.53 Å². The maximum absolute atomic E-state index is 12.1. The molecule has 1 fully saturated rings. The fourth-order valence-electron chi connectivity index (χ4n) is 3.11. The van der Waals surface area contributed by atoms with Gasteiger partial charge in [-0.05, 0) is 58.1 Å². The van der Waals surface area contributed by atoms with Crippen LogP contribution in [0.2, 0.25) is 0 Å². The van der Waals surface area contributed by atoms with Gasteiger partial charge in [0.15, 0.2) is 0 Å². The van der Waals surface area contributed by atoms with Crippen LogP contribution >= 0.6 is 0 Å². The van der Waals surface area contributed by atoms with Gasteiger partial charge in [-0.1, -0.05) is 25.1 Å². The third-order valence-corrected chi connectivity index (χ3v) is 4.33. The molecule has 1 saturated heterocycles. The van der Waals surface area contributed by atoms with E-state index in [1.54, 1.807) is 0 Å². The minimum atomic E-state index is -0.422. The number of amides is 1. The van der Waals surface area contributed by atoms with Gasteiger partial charge in [0.25, 0.3) is 0 Å². The summed E-state index contributed by atoms with van der Waals surface area (Å²) in [5, 5.41) is 3.65. The van der Waals surface area contributed by atoms with Gasteiger partial charge in [-0.3, -0.25) is 0 Å². The highest BCUT2D eigenvalue weighted by molar-refractivity contribution is 5.68. The molecule has 1 N–H and O–H groups in total. The van der Waals surface area contributed by atoms with Gasteiger partial charge in [-0.2, -0.15) is 0 Å². The molecule has 1 heterocycles. The monoisotopic (exact) mass is 318 g/mol. The van der Waals surface area contributed by atoms with Crippen LogP contribution in [0.15, 0.2) is 30.3 Å². The first kappa shape index (κ1) is 17.6. The molecule has 4 heteroatoms. The van der Waals surface area contributed by atoms with E-state index in [1.807, 2.05) is 31.7 Å². The fourth-order valence-corrected chi connectivity index (χ4v) is 3.11. The number of nitrogens with one attached hydrogen (secondary N) is 1. The largest absolute Gasteiger partial charge is 0.444 e. The minimum absolute atomic E-state index is 0.181. The quantitative estimate of drug-likeness (QED) is 0.887. The van der Waals surface area contributed by atoms with Crippen LogP contribution in [0, 0.1) is 5.92 Å². The van der Waals surface area contributed by atoms with Crippen molar-refractivity contribution in [2.75, 3.05) is 18.4 Å². The average molecular weight is 318 g/mol. The molecular weight excluding hydrogens is 288 g/mol. The number of carbonyl (C=O) groups excluding carboxylic acids is 1. The van der Waals surface area contributed by atoms with Gasteiger partial charge < -0.3 is 15.0 Å². The van der Waals surface area contributed by atoms with Crippen molar-refractivity contribution in [1.82, 2.24) is 4.90 Å². The zero-order valence-corrected chi connectivity index (χ0v) is 14.8. The van der Waals surface area contributed by atoms with Gasteiger partial charge in [0.05, 0.1) is 0 Å². The highest BCUT2D eigenvalue weighted by atomic mass is 16.6. The zero-order chi connectivity index (χ0) is 16.9. The Morgan fingerprint density at radius 1 is 1.26 bits per heavy atom. The van der Waals surface area contributed by atoms with Gasteiger partial charge in [-0.15, -0.1) is 0 Å². The van der Waals surface area contributed by atoms with Crippen molar-refractivity contribution in [2.24, 2.45) is 5.92 Å². The second kappa shape index (κ2) is 7.71. The Bertz CT molecular complexity index is 488. The Hall–Kier alpha value is -1.71. The molecule has 1 aromatic rings.